The molecule has 0 spiro atoms. The summed E-state index contributed by atoms with van der Waals surface area (Å²) < 4.78 is 3.24. The second-order valence-electron chi connectivity index (χ2n) is 6.00. The van der Waals surface area contributed by atoms with Crippen LogP contribution in [0.1, 0.15) is 35.1 Å². The van der Waals surface area contributed by atoms with E-state index in [2.05, 4.69) is 43.4 Å². The molecular formula is C21H21N5S. The van der Waals surface area contributed by atoms with E-state index >= 15 is 0 Å². The van der Waals surface area contributed by atoms with Crippen LogP contribution in [0.2, 0.25) is 0 Å². The van der Waals surface area contributed by atoms with Crippen LogP contribution in [-0.4, -0.2) is 26.2 Å². The van der Waals surface area contributed by atoms with Crippen molar-refractivity contribution in [1.29, 1.82) is 0 Å². The van der Waals surface area contributed by atoms with Gasteiger partial charge < -0.3 is 4.72 Å². The Labute approximate surface area is 164 Å². The van der Waals surface area contributed by atoms with Crippen molar-refractivity contribution in [3.8, 4) is 23.1 Å². The molecule has 0 saturated heterocycles. The predicted molar refractivity (Wildman–Crippen MR) is 111 cm³/mol. The molecule has 0 unspecified atom stereocenters. The van der Waals surface area contributed by atoms with E-state index in [0.29, 0.717) is 0 Å². The van der Waals surface area contributed by atoms with E-state index < -0.39 is 0 Å². The van der Waals surface area contributed by atoms with E-state index in [1.165, 1.54) is 11.9 Å². The van der Waals surface area contributed by atoms with Gasteiger partial charge in [-0.3, -0.25) is 9.97 Å². The number of anilines is 1. The van der Waals surface area contributed by atoms with E-state index in [0.717, 1.165) is 51.6 Å². The lowest BCUT2D eigenvalue weighted by Crippen LogP contribution is -1.99. The molecule has 0 radical (unpaired) electrons. The third kappa shape index (κ3) is 4.44. The summed E-state index contributed by atoms with van der Waals surface area (Å²) in [5.41, 5.74) is 7.33. The number of nitrogens with one attached hydrogen (secondary N) is 1. The molecule has 6 heteroatoms. The fraction of sp³-hybridized carbons (Fsp3) is 0.238. The van der Waals surface area contributed by atoms with Gasteiger partial charge in [0.1, 0.15) is 6.33 Å². The number of aromatic nitrogens is 4. The molecule has 5 nitrogen and oxygen atoms in total. The van der Waals surface area contributed by atoms with Crippen LogP contribution < -0.4 is 4.72 Å². The summed E-state index contributed by atoms with van der Waals surface area (Å²) in [4.78, 5) is 17.6. The van der Waals surface area contributed by atoms with Gasteiger partial charge in [0.2, 0.25) is 0 Å². The summed E-state index contributed by atoms with van der Waals surface area (Å²) in [5.74, 6) is 6.51. The Morgan fingerprint density at radius 1 is 1.07 bits per heavy atom. The zero-order chi connectivity index (χ0) is 19.2. The highest BCUT2D eigenvalue weighted by Crippen LogP contribution is 2.23. The summed E-state index contributed by atoms with van der Waals surface area (Å²) in [5, 5.41) is 0. The minimum Gasteiger partial charge on any atom is -0.328 e. The first kappa shape index (κ1) is 18.9. The summed E-state index contributed by atoms with van der Waals surface area (Å²) in [7, 11) is 0. The smallest absolute Gasteiger partial charge is 0.116 e. The maximum Gasteiger partial charge on any atom is 0.116 e. The number of hydrogen-bond donors (Lipinski definition) is 1. The molecule has 0 aromatic carbocycles. The van der Waals surface area contributed by atoms with Gasteiger partial charge >= 0.3 is 0 Å². The molecule has 3 rings (SSSR count). The topological polar surface area (TPSA) is 63.6 Å². The molecule has 0 aliphatic heterocycles. The van der Waals surface area contributed by atoms with Gasteiger partial charge in [0.25, 0.3) is 0 Å². The van der Waals surface area contributed by atoms with Crippen molar-refractivity contribution in [3.63, 3.8) is 0 Å². The highest BCUT2D eigenvalue weighted by atomic mass is 32.2. The molecule has 27 heavy (non-hydrogen) atoms. The normalized spacial score (nSPS) is 10.2. The van der Waals surface area contributed by atoms with Crippen LogP contribution in [0.15, 0.2) is 36.9 Å². The zero-order valence-electron chi connectivity index (χ0n) is 15.9. The molecule has 0 fully saturated rings. The van der Waals surface area contributed by atoms with E-state index in [9.17, 15) is 0 Å². The summed E-state index contributed by atoms with van der Waals surface area (Å²) in [6, 6.07) is 5.98. The lowest BCUT2D eigenvalue weighted by molar-refractivity contribution is 0.991. The Morgan fingerprint density at radius 2 is 1.93 bits per heavy atom. The number of pyridine rings is 2. The van der Waals surface area contributed by atoms with E-state index in [1.54, 1.807) is 18.7 Å². The number of aryl methyl sites for hydroxylation is 3. The first-order valence-electron chi connectivity index (χ1n) is 8.67. The Hall–Kier alpha value is -2.91. The van der Waals surface area contributed by atoms with Crippen LogP contribution in [-0.2, 0) is 6.42 Å². The molecule has 3 heterocycles. The molecule has 0 saturated carbocycles. The SMILES string of the molecule is CCc1ncnc(-c2ccnc(C)c2)c1C#Cc1cnc(C)c(NSC)c1. The monoisotopic (exact) mass is 375 g/mol. The van der Waals surface area contributed by atoms with Crippen molar-refractivity contribution in [2.45, 2.75) is 27.2 Å². The third-order valence-electron chi connectivity index (χ3n) is 4.06. The van der Waals surface area contributed by atoms with E-state index in [4.69, 9.17) is 0 Å². The van der Waals surface area contributed by atoms with Crippen LogP contribution in [0, 0.1) is 25.7 Å². The molecule has 136 valence electrons. The Bertz CT molecular complexity index is 1020. The van der Waals surface area contributed by atoms with Crippen molar-refractivity contribution in [2.75, 3.05) is 11.0 Å². The van der Waals surface area contributed by atoms with Crippen molar-refractivity contribution in [3.05, 3.63) is 65.1 Å². The molecule has 0 aliphatic rings. The maximum absolute atomic E-state index is 4.50. The van der Waals surface area contributed by atoms with Gasteiger partial charge in [-0.15, -0.1) is 0 Å². The lowest BCUT2D eigenvalue weighted by Gasteiger charge is -2.08. The number of hydrogen-bond acceptors (Lipinski definition) is 6. The first-order chi connectivity index (χ1) is 13.1. The highest BCUT2D eigenvalue weighted by Gasteiger charge is 2.11. The summed E-state index contributed by atoms with van der Waals surface area (Å²) >= 11 is 1.54. The third-order valence-corrected chi connectivity index (χ3v) is 4.49. The standard InChI is InChI=1S/C21H21N5S/c1-5-19-18(7-6-16-11-20(26-27-4)15(3)23-12-16)21(25-13-24-19)17-8-9-22-14(2)10-17/h8-13,26H,5H2,1-4H3. The molecular weight excluding hydrogens is 354 g/mol. The van der Waals surface area contributed by atoms with Gasteiger partial charge in [-0.25, -0.2) is 9.97 Å². The fourth-order valence-electron chi connectivity index (χ4n) is 2.68. The van der Waals surface area contributed by atoms with Crippen LogP contribution in [0.25, 0.3) is 11.3 Å². The average Bonchev–Trinajstić information content (AvgIpc) is 2.68. The largest absolute Gasteiger partial charge is 0.328 e. The molecule has 1 N–H and O–H groups in total. The molecule has 3 aromatic rings. The minimum absolute atomic E-state index is 0.787. The number of nitrogens with zero attached hydrogens (tertiary/aromatic N) is 4. The maximum atomic E-state index is 4.50. The Morgan fingerprint density at radius 3 is 2.67 bits per heavy atom. The number of rotatable bonds is 4. The van der Waals surface area contributed by atoms with Gasteiger partial charge in [0.05, 0.1) is 28.3 Å². The van der Waals surface area contributed by atoms with Crippen molar-refractivity contribution in [2.24, 2.45) is 0 Å². The molecule has 0 aliphatic carbocycles. The van der Waals surface area contributed by atoms with Gasteiger partial charge in [-0.1, -0.05) is 30.7 Å². The van der Waals surface area contributed by atoms with E-state index in [1.807, 2.05) is 38.3 Å². The molecule has 3 aromatic heterocycles. The summed E-state index contributed by atoms with van der Waals surface area (Å²) in [6.07, 6.45) is 7.95. The Kier molecular flexibility index (Phi) is 6.05. The second kappa shape index (κ2) is 8.65. The summed E-state index contributed by atoms with van der Waals surface area (Å²) in [6.45, 7) is 6.01. The zero-order valence-corrected chi connectivity index (χ0v) is 16.7. The average molecular weight is 376 g/mol. The first-order valence-corrected chi connectivity index (χ1v) is 9.89. The molecule has 0 atom stereocenters. The molecule has 0 amide bonds. The van der Waals surface area contributed by atoms with Crippen LogP contribution in [0.4, 0.5) is 5.69 Å². The molecule has 0 bridgehead atoms. The van der Waals surface area contributed by atoms with Crippen molar-refractivity contribution in [1.82, 2.24) is 19.9 Å². The van der Waals surface area contributed by atoms with Crippen molar-refractivity contribution < 1.29 is 0 Å². The van der Waals surface area contributed by atoms with Crippen LogP contribution >= 0.6 is 11.9 Å². The van der Waals surface area contributed by atoms with Gasteiger partial charge in [0.15, 0.2) is 0 Å². The van der Waals surface area contributed by atoms with E-state index in [-0.39, 0.29) is 0 Å². The quantitative estimate of drug-likeness (QED) is 0.545. The highest BCUT2D eigenvalue weighted by molar-refractivity contribution is 7.99. The fourth-order valence-corrected chi connectivity index (χ4v) is 3.11. The van der Waals surface area contributed by atoms with Gasteiger partial charge in [-0.2, -0.15) is 0 Å². The lowest BCUT2D eigenvalue weighted by atomic mass is 10.0. The van der Waals surface area contributed by atoms with Gasteiger partial charge in [-0.05, 0) is 38.5 Å². The predicted octanol–water partition coefficient (Wildman–Crippen LogP) is 4.20. The van der Waals surface area contributed by atoms with Gasteiger partial charge in [0, 0.05) is 35.5 Å². The minimum atomic E-state index is 0.787. The van der Waals surface area contributed by atoms with Crippen LogP contribution in [0.5, 0.6) is 0 Å². The van der Waals surface area contributed by atoms with Crippen molar-refractivity contribution >= 4 is 17.6 Å². The van der Waals surface area contributed by atoms with Crippen LogP contribution in [0.3, 0.4) is 0 Å². The second-order valence-corrected chi connectivity index (χ2v) is 6.61. The Balaban J connectivity index is 2.08.